The summed E-state index contributed by atoms with van der Waals surface area (Å²) in [5.41, 5.74) is 1.69. The molecular weight excluding hydrogens is 396 g/mol. The second kappa shape index (κ2) is 10.9. The van der Waals surface area contributed by atoms with Gasteiger partial charge in [-0.3, -0.25) is 4.57 Å². The Morgan fingerprint density at radius 2 is 1.19 bits per heavy atom. The predicted octanol–water partition coefficient (Wildman–Crippen LogP) is 7.86. The van der Waals surface area contributed by atoms with E-state index in [9.17, 15) is 4.57 Å². The molecule has 0 radical (unpaired) electrons. The molecule has 2 aromatic rings. The molecule has 0 spiro atoms. The van der Waals surface area contributed by atoms with Gasteiger partial charge in [0.1, 0.15) is 0 Å². The molecule has 144 valence electrons. The quantitative estimate of drug-likeness (QED) is 0.384. The van der Waals surface area contributed by atoms with Crippen molar-refractivity contribution in [1.29, 1.82) is 0 Å². The van der Waals surface area contributed by atoms with Gasteiger partial charge in [0.2, 0.25) is 0 Å². The number of hydrogen-bond acceptors (Lipinski definition) is 1. The summed E-state index contributed by atoms with van der Waals surface area (Å²) in [4.78, 5) is 0. The first-order valence-electron chi connectivity index (χ1n) is 9.22. The molecule has 0 fully saturated rings. The molecule has 0 aliphatic heterocycles. The Balaban J connectivity index is 2.52. The van der Waals surface area contributed by atoms with E-state index >= 15 is 0 Å². The summed E-state index contributed by atoms with van der Waals surface area (Å²) in [6, 6.07) is 19.2. The van der Waals surface area contributed by atoms with Crippen LogP contribution in [0.3, 0.4) is 0 Å². The molecule has 0 atom stereocenters. The van der Waals surface area contributed by atoms with Gasteiger partial charge < -0.3 is 0 Å². The highest BCUT2D eigenvalue weighted by molar-refractivity contribution is 7.68. The highest BCUT2D eigenvalue weighted by Gasteiger charge is 2.26. The van der Waals surface area contributed by atoms with Gasteiger partial charge in [-0.1, -0.05) is 97.7 Å². The molecule has 0 aliphatic carbocycles. The minimum Gasteiger partial charge on any atom is -0.297 e. The smallest absolute Gasteiger partial charge is 0.196 e. The third kappa shape index (κ3) is 6.36. The van der Waals surface area contributed by atoms with E-state index in [1.807, 2.05) is 65.3 Å². The van der Waals surface area contributed by atoms with Gasteiger partial charge in [0.05, 0.1) is 10.1 Å². The minimum atomic E-state index is -3.06. The minimum absolute atomic E-state index is 0.477. The van der Waals surface area contributed by atoms with E-state index < -0.39 is 7.29 Å². The average molecular weight is 422 g/mol. The van der Waals surface area contributed by atoms with E-state index in [-0.39, 0.29) is 0 Å². The summed E-state index contributed by atoms with van der Waals surface area (Å²) in [6.07, 6.45) is 1.80. The van der Waals surface area contributed by atoms with Crippen LogP contribution in [0.25, 0.3) is 10.1 Å². The standard InChI is InChI=1S/C22H26Cl2NOP/c1-3-15-25(16-4-2)27(26,17-21(23)19-11-7-5-8-12-19)18-22(24)20-13-9-6-10-14-20/h5-14,17-18H,3-4,15-16H2,1-2H3/b21-17-,22-18-. The second-order valence-corrected chi connectivity index (χ2v) is 9.55. The summed E-state index contributed by atoms with van der Waals surface area (Å²) in [6.45, 7) is 5.60. The molecule has 0 unspecified atom stereocenters. The molecule has 2 nitrogen and oxygen atoms in total. The Morgan fingerprint density at radius 3 is 1.52 bits per heavy atom. The molecule has 0 saturated heterocycles. The first kappa shape index (κ1) is 22.0. The zero-order chi connectivity index (χ0) is 19.7. The molecule has 0 heterocycles. The van der Waals surface area contributed by atoms with Gasteiger partial charge in [-0.25, -0.2) is 4.67 Å². The molecule has 5 heteroatoms. The van der Waals surface area contributed by atoms with Crippen LogP contribution < -0.4 is 0 Å². The van der Waals surface area contributed by atoms with Crippen LogP contribution in [-0.2, 0) is 4.57 Å². The lowest BCUT2D eigenvalue weighted by molar-refractivity contribution is 0.419. The van der Waals surface area contributed by atoms with Crippen LogP contribution in [0.4, 0.5) is 0 Å². The largest absolute Gasteiger partial charge is 0.297 e. The van der Waals surface area contributed by atoms with Crippen LogP contribution in [0.1, 0.15) is 37.8 Å². The molecule has 0 saturated carbocycles. The fourth-order valence-electron chi connectivity index (χ4n) is 2.81. The normalized spacial score (nSPS) is 13.2. The van der Waals surface area contributed by atoms with Gasteiger partial charge in [0, 0.05) is 24.7 Å². The van der Waals surface area contributed by atoms with Crippen LogP contribution in [0, 0.1) is 0 Å². The summed E-state index contributed by atoms with van der Waals surface area (Å²) < 4.78 is 16.1. The van der Waals surface area contributed by atoms with Crippen molar-refractivity contribution in [2.24, 2.45) is 0 Å². The molecular formula is C22H26Cl2NOP. The first-order valence-corrected chi connectivity index (χ1v) is 11.8. The van der Waals surface area contributed by atoms with Crippen LogP contribution in [0.15, 0.2) is 72.3 Å². The van der Waals surface area contributed by atoms with Gasteiger partial charge in [-0.2, -0.15) is 0 Å². The molecule has 2 rings (SSSR count). The van der Waals surface area contributed by atoms with Crippen molar-refractivity contribution >= 4 is 40.6 Å². The van der Waals surface area contributed by atoms with Crippen LogP contribution in [0.5, 0.6) is 0 Å². The number of halogens is 2. The third-order valence-corrected chi connectivity index (χ3v) is 7.60. The zero-order valence-corrected chi connectivity index (χ0v) is 18.2. The van der Waals surface area contributed by atoms with Crippen molar-refractivity contribution in [2.75, 3.05) is 13.1 Å². The lowest BCUT2D eigenvalue weighted by Gasteiger charge is -2.27. The van der Waals surface area contributed by atoms with E-state index in [1.54, 1.807) is 11.6 Å². The van der Waals surface area contributed by atoms with Gasteiger partial charge >= 0.3 is 0 Å². The lowest BCUT2D eigenvalue weighted by Crippen LogP contribution is -2.21. The fraction of sp³-hybridized carbons (Fsp3) is 0.273. The Kier molecular flexibility index (Phi) is 8.86. The molecule has 0 aliphatic rings. The van der Waals surface area contributed by atoms with E-state index in [1.165, 1.54) is 0 Å². The lowest BCUT2D eigenvalue weighted by atomic mass is 10.2. The first-order chi connectivity index (χ1) is 13.0. The van der Waals surface area contributed by atoms with Crippen molar-refractivity contribution in [3.8, 4) is 0 Å². The summed E-state index contributed by atoms with van der Waals surface area (Å²) >= 11 is 13.1. The molecule has 0 bridgehead atoms. The van der Waals surface area contributed by atoms with Crippen LogP contribution in [-0.4, -0.2) is 17.8 Å². The van der Waals surface area contributed by atoms with E-state index in [4.69, 9.17) is 23.2 Å². The zero-order valence-electron chi connectivity index (χ0n) is 15.8. The number of hydrogen-bond donors (Lipinski definition) is 0. The predicted molar refractivity (Wildman–Crippen MR) is 120 cm³/mol. The SMILES string of the molecule is CCCN(CCC)P(=O)(/C=C(\Cl)c1ccccc1)/C=C(\Cl)c1ccccc1. The fourth-order valence-corrected chi connectivity index (χ4v) is 6.27. The van der Waals surface area contributed by atoms with E-state index in [2.05, 4.69) is 13.8 Å². The van der Waals surface area contributed by atoms with Gasteiger partial charge in [0.25, 0.3) is 0 Å². The maximum atomic E-state index is 14.1. The van der Waals surface area contributed by atoms with Gasteiger partial charge in [-0.05, 0) is 24.0 Å². The van der Waals surface area contributed by atoms with Gasteiger partial charge in [0.15, 0.2) is 7.29 Å². The van der Waals surface area contributed by atoms with E-state index in [0.29, 0.717) is 10.1 Å². The summed E-state index contributed by atoms with van der Waals surface area (Å²) in [5, 5.41) is 0.954. The molecule has 2 aromatic carbocycles. The molecule has 27 heavy (non-hydrogen) atoms. The number of nitrogens with zero attached hydrogens (tertiary/aromatic N) is 1. The maximum absolute atomic E-state index is 14.1. The highest BCUT2D eigenvalue weighted by atomic mass is 35.5. The summed E-state index contributed by atoms with van der Waals surface area (Å²) in [5.74, 6) is 3.36. The topological polar surface area (TPSA) is 20.3 Å². The number of rotatable bonds is 9. The van der Waals surface area contributed by atoms with Crippen LogP contribution >= 0.6 is 30.5 Å². The highest BCUT2D eigenvalue weighted by Crippen LogP contribution is 2.57. The number of benzene rings is 2. The van der Waals surface area contributed by atoms with Crippen molar-refractivity contribution < 1.29 is 4.57 Å². The monoisotopic (exact) mass is 421 g/mol. The van der Waals surface area contributed by atoms with Gasteiger partial charge in [-0.15, -0.1) is 0 Å². The second-order valence-electron chi connectivity index (χ2n) is 6.31. The molecule has 0 aromatic heterocycles. The van der Waals surface area contributed by atoms with Crippen molar-refractivity contribution in [3.05, 3.63) is 83.4 Å². The Morgan fingerprint density at radius 1 is 0.815 bits per heavy atom. The van der Waals surface area contributed by atoms with Crippen molar-refractivity contribution in [1.82, 2.24) is 4.67 Å². The molecule has 0 amide bonds. The van der Waals surface area contributed by atoms with Crippen molar-refractivity contribution in [3.63, 3.8) is 0 Å². The Labute approximate surface area is 172 Å². The Bertz CT molecular complexity index is 753. The molecule has 0 N–H and O–H groups in total. The van der Waals surface area contributed by atoms with Crippen LogP contribution in [0.2, 0.25) is 0 Å². The Hall–Kier alpha value is -1.31. The maximum Gasteiger partial charge on any atom is 0.196 e. The average Bonchev–Trinajstić information content (AvgIpc) is 2.69. The summed E-state index contributed by atoms with van der Waals surface area (Å²) in [7, 11) is -3.06. The van der Waals surface area contributed by atoms with E-state index in [0.717, 1.165) is 37.1 Å². The van der Waals surface area contributed by atoms with Crippen molar-refractivity contribution in [2.45, 2.75) is 26.7 Å². The third-order valence-electron chi connectivity index (χ3n) is 4.10.